The average Bonchev–Trinajstić information content (AvgIpc) is 3.02. The van der Waals surface area contributed by atoms with E-state index in [9.17, 15) is 4.79 Å². The first-order valence-corrected chi connectivity index (χ1v) is 8.42. The van der Waals surface area contributed by atoms with Gasteiger partial charge in [-0.3, -0.25) is 4.79 Å². The van der Waals surface area contributed by atoms with Crippen LogP contribution >= 0.6 is 58.6 Å². The highest BCUT2D eigenvalue weighted by Gasteiger charge is 2.35. The maximum Gasteiger partial charge on any atom is 0.288 e. The minimum absolute atomic E-state index is 0.0704. The van der Waals surface area contributed by atoms with Crippen LogP contribution in [0.1, 0.15) is 10.6 Å². The highest BCUT2D eigenvalue weighted by Crippen LogP contribution is 2.29. The SMILES string of the molecule is O=C(N[C@@H](NC(=S)Nc1ccccc1Cl)C(Cl)(Cl)Cl)c1ccco1. The second-order valence-electron chi connectivity index (χ2n) is 4.50. The summed E-state index contributed by atoms with van der Waals surface area (Å²) in [5, 5.41) is 8.64. The number of hydrogen-bond donors (Lipinski definition) is 3. The van der Waals surface area contributed by atoms with Crippen LogP contribution in [0.3, 0.4) is 0 Å². The number of halogens is 4. The Kier molecular flexibility index (Phi) is 6.60. The molecule has 128 valence electrons. The fraction of sp³-hybridized carbons (Fsp3) is 0.143. The zero-order chi connectivity index (χ0) is 17.7. The van der Waals surface area contributed by atoms with E-state index in [2.05, 4.69) is 16.0 Å². The molecule has 0 saturated heterocycles. The number of carbonyl (C=O) groups excluding carboxylic acids is 1. The molecule has 1 aromatic heterocycles. The molecule has 3 N–H and O–H groups in total. The van der Waals surface area contributed by atoms with Crippen LogP contribution in [0, 0.1) is 0 Å². The summed E-state index contributed by atoms with van der Waals surface area (Å²) < 4.78 is 3.12. The van der Waals surface area contributed by atoms with Crippen LogP contribution in [-0.4, -0.2) is 21.0 Å². The first kappa shape index (κ1) is 19.1. The zero-order valence-corrected chi connectivity index (χ0v) is 15.7. The van der Waals surface area contributed by atoms with E-state index >= 15 is 0 Å². The van der Waals surface area contributed by atoms with E-state index in [1.807, 2.05) is 0 Å². The van der Waals surface area contributed by atoms with Crippen molar-refractivity contribution in [2.75, 3.05) is 5.32 Å². The molecule has 2 aromatic rings. The van der Waals surface area contributed by atoms with Gasteiger partial charge in [-0.05, 0) is 36.5 Å². The number of furan rings is 1. The van der Waals surface area contributed by atoms with Gasteiger partial charge in [0.2, 0.25) is 3.79 Å². The number of hydrogen-bond acceptors (Lipinski definition) is 3. The molecule has 0 aliphatic heterocycles. The Labute approximate surface area is 163 Å². The summed E-state index contributed by atoms with van der Waals surface area (Å²) >= 11 is 28.9. The largest absolute Gasteiger partial charge is 0.459 e. The summed E-state index contributed by atoms with van der Waals surface area (Å²) in [7, 11) is 0. The second-order valence-corrected chi connectivity index (χ2v) is 7.69. The van der Waals surface area contributed by atoms with Crippen molar-refractivity contribution in [3.8, 4) is 0 Å². The monoisotopic (exact) mass is 425 g/mol. The van der Waals surface area contributed by atoms with Crippen LogP contribution in [0.2, 0.25) is 5.02 Å². The molecule has 0 aliphatic carbocycles. The number of benzene rings is 1. The fourth-order valence-electron chi connectivity index (χ4n) is 1.66. The minimum atomic E-state index is -1.87. The zero-order valence-electron chi connectivity index (χ0n) is 11.9. The molecule has 24 heavy (non-hydrogen) atoms. The van der Waals surface area contributed by atoms with Crippen LogP contribution in [0.25, 0.3) is 0 Å². The lowest BCUT2D eigenvalue weighted by Gasteiger charge is -2.27. The van der Waals surface area contributed by atoms with Crippen molar-refractivity contribution in [1.82, 2.24) is 10.6 Å². The molecule has 10 heteroatoms. The van der Waals surface area contributed by atoms with Gasteiger partial charge in [-0.15, -0.1) is 0 Å². The lowest BCUT2D eigenvalue weighted by Crippen LogP contribution is -2.56. The number of carbonyl (C=O) groups is 1. The third-order valence-corrected chi connectivity index (χ3v) is 3.95. The molecule has 1 aromatic carbocycles. The molecule has 0 saturated carbocycles. The van der Waals surface area contributed by atoms with Gasteiger partial charge in [-0.25, -0.2) is 0 Å². The number of thiocarbonyl (C=S) groups is 1. The van der Waals surface area contributed by atoms with Gasteiger partial charge in [0.15, 0.2) is 10.9 Å². The maximum atomic E-state index is 12.1. The Balaban J connectivity index is 2.05. The minimum Gasteiger partial charge on any atom is -0.459 e. The summed E-state index contributed by atoms with van der Waals surface area (Å²) in [6.45, 7) is 0. The second kappa shape index (κ2) is 8.27. The molecule has 5 nitrogen and oxygen atoms in total. The molecule has 0 fully saturated rings. The third-order valence-electron chi connectivity index (χ3n) is 2.75. The predicted octanol–water partition coefficient (Wildman–Crippen LogP) is 4.35. The summed E-state index contributed by atoms with van der Waals surface area (Å²) in [5.41, 5.74) is 0.567. The van der Waals surface area contributed by atoms with Gasteiger partial charge in [-0.2, -0.15) is 0 Å². The molecule has 1 heterocycles. The van der Waals surface area contributed by atoms with Gasteiger partial charge < -0.3 is 20.4 Å². The van der Waals surface area contributed by atoms with Crippen LogP contribution in [0.15, 0.2) is 47.1 Å². The van der Waals surface area contributed by atoms with E-state index in [0.717, 1.165) is 0 Å². The first-order valence-electron chi connectivity index (χ1n) is 6.50. The lowest BCUT2D eigenvalue weighted by molar-refractivity contribution is 0.0906. The van der Waals surface area contributed by atoms with Gasteiger partial charge >= 0.3 is 0 Å². The van der Waals surface area contributed by atoms with E-state index in [4.69, 9.17) is 63.0 Å². The Morgan fingerprint density at radius 2 is 1.83 bits per heavy atom. The van der Waals surface area contributed by atoms with Crippen molar-refractivity contribution < 1.29 is 9.21 Å². The topological polar surface area (TPSA) is 66.3 Å². The van der Waals surface area contributed by atoms with E-state index in [1.54, 1.807) is 30.3 Å². The van der Waals surface area contributed by atoms with Crippen LogP contribution in [0.5, 0.6) is 0 Å². The van der Waals surface area contributed by atoms with E-state index in [0.29, 0.717) is 10.7 Å². The Morgan fingerprint density at radius 3 is 2.42 bits per heavy atom. The van der Waals surface area contributed by atoms with Gasteiger partial charge in [0.1, 0.15) is 6.17 Å². The predicted molar refractivity (Wildman–Crippen MR) is 101 cm³/mol. The highest BCUT2D eigenvalue weighted by atomic mass is 35.6. The van der Waals surface area contributed by atoms with Crippen molar-refractivity contribution in [1.29, 1.82) is 0 Å². The number of rotatable bonds is 4. The van der Waals surface area contributed by atoms with Gasteiger partial charge in [-0.1, -0.05) is 58.5 Å². The smallest absolute Gasteiger partial charge is 0.288 e. The Hall–Kier alpha value is -1.18. The van der Waals surface area contributed by atoms with Crippen molar-refractivity contribution >= 4 is 75.3 Å². The van der Waals surface area contributed by atoms with Gasteiger partial charge in [0.05, 0.1) is 17.0 Å². The van der Waals surface area contributed by atoms with Crippen LogP contribution in [-0.2, 0) is 0 Å². The quantitative estimate of drug-likeness (QED) is 0.385. The lowest BCUT2D eigenvalue weighted by atomic mass is 10.3. The molecule has 0 spiro atoms. The number of amides is 1. The average molecular weight is 427 g/mol. The molecule has 1 amide bonds. The molecule has 1 atom stereocenters. The number of anilines is 1. The van der Waals surface area contributed by atoms with E-state index in [-0.39, 0.29) is 10.9 Å². The Bertz CT molecular complexity index is 719. The summed E-state index contributed by atoms with van der Waals surface area (Å²) in [6, 6.07) is 10.0. The molecule has 0 radical (unpaired) electrons. The fourth-order valence-corrected chi connectivity index (χ4v) is 2.40. The van der Waals surface area contributed by atoms with Gasteiger partial charge in [0, 0.05) is 0 Å². The van der Waals surface area contributed by atoms with Gasteiger partial charge in [0.25, 0.3) is 5.91 Å². The molecule has 0 bridgehead atoms. The van der Waals surface area contributed by atoms with Crippen LogP contribution < -0.4 is 16.0 Å². The maximum absolute atomic E-state index is 12.1. The first-order chi connectivity index (χ1) is 11.3. The van der Waals surface area contributed by atoms with Crippen molar-refractivity contribution in [3.63, 3.8) is 0 Å². The van der Waals surface area contributed by atoms with Crippen molar-refractivity contribution in [2.24, 2.45) is 0 Å². The molecule has 0 aliphatic rings. The highest BCUT2D eigenvalue weighted by molar-refractivity contribution is 7.80. The van der Waals surface area contributed by atoms with Crippen molar-refractivity contribution in [3.05, 3.63) is 53.4 Å². The summed E-state index contributed by atoms with van der Waals surface area (Å²) in [4.78, 5) is 12.1. The molecule has 2 rings (SSSR count). The normalized spacial score (nSPS) is 12.3. The third kappa shape index (κ3) is 5.43. The van der Waals surface area contributed by atoms with Crippen molar-refractivity contribution in [2.45, 2.75) is 9.96 Å². The van der Waals surface area contributed by atoms with E-state index < -0.39 is 15.9 Å². The van der Waals surface area contributed by atoms with Crippen LogP contribution in [0.4, 0.5) is 5.69 Å². The number of para-hydroxylation sites is 1. The number of alkyl halides is 3. The number of nitrogens with one attached hydrogen (secondary N) is 3. The van der Waals surface area contributed by atoms with E-state index in [1.165, 1.54) is 12.3 Å². The summed E-state index contributed by atoms with van der Waals surface area (Å²) in [6.07, 6.45) is 0.249. The standard InChI is InChI=1S/C14H11Cl4N3O2S/c15-8-4-1-2-5-9(8)19-13(24)21-12(14(16,17)18)20-11(22)10-6-3-7-23-10/h1-7,12H,(H,20,22)(H2,19,21,24)/t12-/m0/s1. The summed E-state index contributed by atoms with van der Waals surface area (Å²) in [5.74, 6) is -0.495. The molecular weight excluding hydrogens is 416 g/mol. The molecule has 0 unspecified atom stereocenters. The Morgan fingerprint density at radius 1 is 1.12 bits per heavy atom. The molecular formula is C14H11Cl4N3O2S.